The fourth-order valence-electron chi connectivity index (χ4n) is 4.99. The number of rotatable bonds is 19. The molecular formula is C33H52NO3+. The first kappa shape index (κ1) is 30.9. The van der Waals surface area contributed by atoms with Gasteiger partial charge in [0.05, 0.1) is 26.8 Å². The summed E-state index contributed by atoms with van der Waals surface area (Å²) in [7, 11) is 4.25. The Kier molecular flexibility index (Phi) is 14.4. The summed E-state index contributed by atoms with van der Waals surface area (Å²) in [5.74, 6) is 0.867. The zero-order valence-electron chi connectivity index (χ0n) is 24.2. The number of unbranched alkanes of at least 4 members (excludes halogenated alkanes) is 6. The third-order valence-electron chi connectivity index (χ3n) is 7.23. The summed E-state index contributed by atoms with van der Waals surface area (Å²) < 4.78 is 12.7. The standard InChI is InChI=1S/C33H52NO3/c1-6-8-9-10-11-12-16-22-30-23-17-18-24-32(30)37-28(3)25-26-36-33(35)31(19-7-2)34(4,5)27-29-20-14-13-15-21-29/h13-15,17-18,20-21,23-24,28,31H,6-12,16,19,22,25-27H2,1-5H3/q+1. The number of carbonyl (C=O) groups is 1. The smallest absolute Gasteiger partial charge is 0.364 e. The Hall–Kier alpha value is -2.33. The Morgan fingerprint density at radius 3 is 2.16 bits per heavy atom. The minimum atomic E-state index is -0.177. The van der Waals surface area contributed by atoms with Crippen molar-refractivity contribution in [3.05, 3.63) is 65.7 Å². The molecule has 0 N–H and O–H groups in total. The largest absolute Gasteiger partial charge is 0.490 e. The van der Waals surface area contributed by atoms with Crippen molar-refractivity contribution in [2.75, 3.05) is 20.7 Å². The second-order valence-corrected chi connectivity index (χ2v) is 11.1. The number of likely N-dealkylation sites (N-methyl/N-ethyl adjacent to an activating group) is 1. The molecule has 0 aliphatic heterocycles. The zero-order chi connectivity index (χ0) is 26.9. The van der Waals surface area contributed by atoms with E-state index in [1.165, 1.54) is 56.1 Å². The Balaban J connectivity index is 1.80. The first-order chi connectivity index (χ1) is 17.9. The number of nitrogens with zero attached hydrogens (tertiary/aromatic N) is 1. The van der Waals surface area contributed by atoms with Gasteiger partial charge in [-0.1, -0.05) is 101 Å². The molecule has 0 saturated carbocycles. The highest BCUT2D eigenvalue weighted by Gasteiger charge is 2.35. The van der Waals surface area contributed by atoms with E-state index in [0.717, 1.165) is 31.6 Å². The third kappa shape index (κ3) is 11.7. The molecule has 206 valence electrons. The minimum absolute atomic E-state index is 0.0144. The molecule has 37 heavy (non-hydrogen) atoms. The van der Waals surface area contributed by atoms with Crippen molar-refractivity contribution in [1.82, 2.24) is 0 Å². The molecule has 0 amide bonds. The Morgan fingerprint density at radius 2 is 1.46 bits per heavy atom. The molecule has 0 saturated heterocycles. The van der Waals surface area contributed by atoms with Crippen molar-refractivity contribution >= 4 is 5.97 Å². The highest BCUT2D eigenvalue weighted by molar-refractivity contribution is 5.74. The van der Waals surface area contributed by atoms with Gasteiger partial charge in [-0.3, -0.25) is 0 Å². The van der Waals surface area contributed by atoms with Gasteiger partial charge < -0.3 is 14.0 Å². The van der Waals surface area contributed by atoms with Crippen LogP contribution >= 0.6 is 0 Å². The molecule has 0 spiro atoms. The molecular weight excluding hydrogens is 458 g/mol. The Bertz CT molecular complexity index is 880. The van der Waals surface area contributed by atoms with Crippen LogP contribution in [-0.2, 0) is 22.5 Å². The number of ether oxygens (including phenoxy) is 2. The minimum Gasteiger partial charge on any atom is -0.490 e. The monoisotopic (exact) mass is 510 g/mol. The van der Waals surface area contributed by atoms with Crippen LogP contribution in [-0.4, -0.2) is 43.3 Å². The summed E-state index contributed by atoms with van der Waals surface area (Å²) in [5, 5.41) is 0. The number of esters is 1. The van der Waals surface area contributed by atoms with Crippen LogP contribution in [0, 0.1) is 0 Å². The van der Waals surface area contributed by atoms with Crippen LogP contribution in [0.5, 0.6) is 5.75 Å². The maximum absolute atomic E-state index is 13.1. The Labute approximate surface area is 227 Å². The van der Waals surface area contributed by atoms with Gasteiger partial charge in [0.15, 0.2) is 6.04 Å². The van der Waals surface area contributed by atoms with E-state index in [1.807, 2.05) is 12.1 Å². The second-order valence-electron chi connectivity index (χ2n) is 11.1. The number of para-hydroxylation sites is 1. The molecule has 2 rings (SSSR count). The van der Waals surface area contributed by atoms with E-state index in [-0.39, 0.29) is 18.1 Å². The number of carbonyl (C=O) groups excluding carboxylic acids is 1. The average Bonchev–Trinajstić information content (AvgIpc) is 2.87. The molecule has 0 bridgehead atoms. The Morgan fingerprint density at radius 1 is 0.811 bits per heavy atom. The lowest BCUT2D eigenvalue weighted by atomic mass is 10.0. The van der Waals surface area contributed by atoms with Crippen molar-refractivity contribution in [3.8, 4) is 5.75 Å². The summed E-state index contributed by atoms with van der Waals surface area (Å²) in [5.41, 5.74) is 2.52. The van der Waals surface area contributed by atoms with Gasteiger partial charge in [-0.15, -0.1) is 0 Å². The molecule has 0 radical (unpaired) electrons. The predicted octanol–water partition coefficient (Wildman–Crippen LogP) is 8.13. The first-order valence-corrected chi connectivity index (χ1v) is 14.6. The van der Waals surface area contributed by atoms with E-state index < -0.39 is 0 Å². The van der Waals surface area contributed by atoms with Gasteiger partial charge in [-0.05, 0) is 37.8 Å². The highest BCUT2D eigenvalue weighted by atomic mass is 16.5. The van der Waals surface area contributed by atoms with Crippen LogP contribution in [0.25, 0.3) is 0 Å². The van der Waals surface area contributed by atoms with E-state index in [2.05, 4.69) is 77.3 Å². The van der Waals surface area contributed by atoms with Gasteiger partial charge in [0.1, 0.15) is 12.3 Å². The van der Waals surface area contributed by atoms with Gasteiger partial charge in [-0.25, -0.2) is 4.79 Å². The summed E-state index contributed by atoms with van der Waals surface area (Å²) in [4.78, 5) is 13.1. The van der Waals surface area contributed by atoms with Crippen LogP contribution in [0.1, 0.15) is 96.1 Å². The molecule has 0 aliphatic carbocycles. The molecule has 4 heteroatoms. The summed E-state index contributed by atoms with van der Waals surface area (Å²) in [6.07, 6.45) is 12.7. The van der Waals surface area contributed by atoms with Crippen molar-refractivity contribution in [2.24, 2.45) is 0 Å². The maximum atomic E-state index is 13.1. The van der Waals surface area contributed by atoms with Gasteiger partial charge in [0, 0.05) is 18.4 Å². The topological polar surface area (TPSA) is 35.5 Å². The second kappa shape index (κ2) is 17.2. The van der Waals surface area contributed by atoms with Crippen LogP contribution in [0.3, 0.4) is 0 Å². The van der Waals surface area contributed by atoms with Crippen molar-refractivity contribution in [3.63, 3.8) is 0 Å². The van der Waals surface area contributed by atoms with E-state index in [0.29, 0.717) is 17.5 Å². The highest BCUT2D eigenvalue weighted by Crippen LogP contribution is 2.23. The predicted molar refractivity (Wildman–Crippen MR) is 155 cm³/mol. The fraction of sp³-hybridized carbons (Fsp3) is 0.606. The van der Waals surface area contributed by atoms with Gasteiger partial charge >= 0.3 is 5.97 Å². The SMILES string of the molecule is CCCCCCCCCc1ccccc1OC(C)CCOC(=O)C(CCC)[N+](C)(C)Cc1ccccc1. The lowest BCUT2D eigenvalue weighted by Crippen LogP contribution is -2.52. The molecule has 0 fully saturated rings. The lowest BCUT2D eigenvalue weighted by Gasteiger charge is -2.36. The number of quaternary nitrogens is 1. The quantitative estimate of drug-likeness (QED) is 0.109. The van der Waals surface area contributed by atoms with Gasteiger partial charge in [0.2, 0.25) is 0 Å². The molecule has 0 aliphatic rings. The van der Waals surface area contributed by atoms with E-state index in [1.54, 1.807) is 0 Å². The fourth-order valence-corrected chi connectivity index (χ4v) is 4.99. The number of aryl methyl sites for hydroxylation is 1. The lowest BCUT2D eigenvalue weighted by molar-refractivity contribution is -0.920. The molecule has 0 aromatic heterocycles. The van der Waals surface area contributed by atoms with Gasteiger partial charge in [0.25, 0.3) is 0 Å². The number of benzene rings is 2. The molecule has 0 heterocycles. The number of hydrogen-bond acceptors (Lipinski definition) is 3. The van der Waals surface area contributed by atoms with E-state index in [4.69, 9.17) is 9.47 Å². The third-order valence-corrected chi connectivity index (χ3v) is 7.23. The number of hydrogen-bond donors (Lipinski definition) is 0. The molecule has 2 aromatic carbocycles. The van der Waals surface area contributed by atoms with Crippen LogP contribution in [0.15, 0.2) is 54.6 Å². The summed E-state index contributed by atoms with van der Waals surface area (Å²) >= 11 is 0. The molecule has 4 nitrogen and oxygen atoms in total. The zero-order valence-corrected chi connectivity index (χ0v) is 24.2. The first-order valence-electron chi connectivity index (χ1n) is 14.6. The van der Waals surface area contributed by atoms with Crippen molar-refractivity contribution in [1.29, 1.82) is 0 Å². The van der Waals surface area contributed by atoms with Crippen LogP contribution in [0.4, 0.5) is 0 Å². The molecule has 2 atom stereocenters. The van der Waals surface area contributed by atoms with E-state index in [9.17, 15) is 4.79 Å². The summed E-state index contributed by atoms with van der Waals surface area (Å²) in [6.45, 7) is 7.64. The normalized spacial score (nSPS) is 13.2. The van der Waals surface area contributed by atoms with Crippen LogP contribution < -0.4 is 4.74 Å². The van der Waals surface area contributed by atoms with Gasteiger partial charge in [-0.2, -0.15) is 0 Å². The van der Waals surface area contributed by atoms with Crippen molar-refractivity contribution in [2.45, 2.75) is 110 Å². The molecule has 2 aromatic rings. The maximum Gasteiger partial charge on any atom is 0.364 e. The average molecular weight is 511 g/mol. The van der Waals surface area contributed by atoms with E-state index >= 15 is 0 Å². The van der Waals surface area contributed by atoms with Crippen LogP contribution in [0.2, 0.25) is 0 Å². The van der Waals surface area contributed by atoms with Crippen molar-refractivity contribution < 1.29 is 18.8 Å². The summed E-state index contributed by atoms with van der Waals surface area (Å²) in [6, 6.07) is 18.6. The molecule has 2 unspecified atom stereocenters.